The second-order valence-electron chi connectivity index (χ2n) is 10.7. The minimum atomic E-state index is -4.52. The number of benzene rings is 1. The monoisotopic (exact) mass is 681 g/mol. The number of amides is 1. The van der Waals surface area contributed by atoms with Crippen LogP contribution in [0.5, 0.6) is 0 Å². The number of aromatic nitrogens is 3. The Balaban J connectivity index is 1.31. The number of piperazine rings is 1. The van der Waals surface area contributed by atoms with Crippen LogP contribution in [0.1, 0.15) is 47.1 Å². The summed E-state index contributed by atoms with van der Waals surface area (Å²) >= 11 is 4.44. The molecule has 2 N–H and O–H groups in total. The number of alkyl halides is 3. The summed E-state index contributed by atoms with van der Waals surface area (Å²) in [7, 11) is 0. The van der Waals surface area contributed by atoms with E-state index in [4.69, 9.17) is 5.11 Å². The molecule has 2 aliphatic rings. The van der Waals surface area contributed by atoms with Crippen molar-refractivity contribution in [1.82, 2.24) is 24.8 Å². The zero-order valence-corrected chi connectivity index (χ0v) is 25.8. The number of likely N-dealkylation sites (tertiary alicyclic amines) is 1. The summed E-state index contributed by atoms with van der Waals surface area (Å²) < 4.78 is 41.1. The molecule has 15 heteroatoms. The highest BCUT2D eigenvalue weighted by Gasteiger charge is 2.32. The predicted octanol–water partition coefficient (Wildman–Crippen LogP) is 5.21. The van der Waals surface area contributed by atoms with E-state index in [9.17, 15) is 22.8 Å². The standard InChI is InChI=1S/C28H31BrF3N7O3S/c1-17-3-2-5-39(17)16-22-25(18-11-19(28(30,31)32)13-20(29)12-18)35-27(43-22)36-26(42)21-14-34-23(15-33-21)38-9-7-37(8-10-38)6-4-24(40)41/h11-15,17H,2-10,16H2,1H3,(H,40,41)(H,35,36,42)/t17-/m1/s1. The van der Waals surface area contributed by atoms with Crippen molar-refractivity contribution in [3.63, 3.8) is 0 Å². The third-order valence-corrected chi connectivity index (χ3v) is 9.08. The largest absolute Gasteiger partial charge is 0.481 e. The van der Waals surface area contributed by atoms with Crippen LogP contribution in [0.2, 0.25) is 0 Å². The van der Waals surface area contributed by atoms with Gasteiger partial charge in [0.25, 0.3) is 5.91 Å². The van der Waals surface area contributed by atoms with Crippen LogP contribution in [0.25, 0.3) is 11.3 Å². The van der Waals surface area contributed by atoms with Crippen LogP contribution in [-0.2, 0) is 17.5 Å². The molecule has 3 aromatic rings. The highest BCUT2D eigenvalue weighted by Crippen LogP contribution is 2.39. The van der Waals surface area contributed by atoms with E-state index in [0.717, 1.165) is 36.4 Å². The van der Waals surface area contributed by atoms with Crippen LogP contribution in [-0.4, -0.2) is 87.0 Å². The Morgan fingerprint density at radius 3 is 2.51 bits per heavy atom. The topological polar surface area (TPSA) is 115 Å². The molecule has 0 aliphatic carbocycles. The van der Waals surface area contributed by atoms with Gasteiger partial charge in [-0.2, -0.15) is 13.2 Å². The Hall–Kier alpha value is -3.14. The quantitative estimate of drug-likeness (QED) is 0.314. The van der Waals surface area contributed by atoms with Crippen LogP contribution in [0.15, 0.2) is 35.1 Å². The molecule has 5 rings (SSSR count). The Labute approximate surface area is 259 Å². The Kier molecular flexibility index (Phi) is 9.63. The molecule has 0 bridgehead atoms. The smallest absolute Gasteiger partial charge is 0.416 e. The fourth-order valence-corrected chi connectivity index (χ4v) is 6.76. The second kappa shape index (κ2) is 13.2. The number of halogens is 4. The molecule has 2 saturated heterocycles. The molecule has 2 aromatic heterocycles. The molecule has 1 atom stereocenters. The van der Waals surface area contributed by atoms with Crippen molar-refractivity contribution in [2.24, 2.45) is 0 Å². The lowest BCUT2D eigenvalue weighted by atomic mass is 10.1. The average Bonchev–Trinajstić information content (AvgIpc) is 3.56. The number of carboxylic acid groups (broad SMARTS) is 1. The fraction of sp³-hybridized carbons (Fsp3) is 0.464. The zero-order valence-electron chi connectivity index (χ0n) is 23.4. The normalized spacial score (nSPS) is 18.3. The van der Waals surface area contributed by atoms with Gasteiger partial charge in [-0.15, -0.1) is 0 Å². The van der Waals surface area contributed by atoms with Crippen molar-refractivity contribution < 1.29 is 27.9 Å². The lowest BCUT2D eigenvalue weighted by Gasteiger charge is -2.34. The Bertz CT molecular complexity index is 1460. The maximum absolute atomic E-state index is 13.6. The molecular formula is C28H31BrF3N7O3S. The predicted molar refractivity (Wildman–Crippen MR) is 160 cm³/mol. The Morgan fingerprint density at radius 2 is 1.88 bits per heavy atom. The van der Waals surface area contributed by atoms with Crippen LogP contribution < -0.4 is 10.2 Å². The van der Waals surface area contributed by atoms with Gasteiger partial charge in [0.05, 0.1) is 30.1 Å². The second-order valence-corrected chi connectivity index (χ2v) is 12.7. The maximum Gasteiger partial charge on any atom is 0.416 e. The third-order valence-electron chi connectivity index (χ3n) is 7.66. The number of hydrogen-bond donors (Lipinski definition) is 2. The first-order valence-corrected chi connectivity index (χ1v) is 15.5. The molecule has 43 heavy (non-hydrogen) atoms. The number of carboxylic acids is 1. The first kappa shape index (κ1) is 31.3. The number of hydrogen-bond acceptors (Lipinski definition) is 9. The zero-order chi connectivity index (χ0) is 30.7. The summed E-state index contributed by atoms with van der Waals surface area (Å²) in [5.74, 6) is -0.732. The summed E-state index contributed by atoms with van der Waals surface area (Å²) in [6.45, 7) is 6.73. The number of nitrogens with zero attached hydrogens (tertiary/aromatic N) is 6. The molecule has 10 nitrogen and oxygen atoms in total. The van der Waals surface area contributed by atoms with Crippen molar-refractivity contribution >= 4 is 50.1 Å². The summed E-state index contributed by atoms with van der Waals surface area (Å²) in [5, 5.41) is 11.9. The van der Waals surface area contributed by atoms with Gasteiger partial charge in [0, 0.05) is 60.2 Å². The van der Waals surface area contributed by atoms with Gasteiger partial charge in [-0.3, -0.25) is 24.7 Å². The van der Waals surface area contributed by atoms with Gasteiger partial charge in [0.15, 0.2) is 5.13 Å². The summed E-state index contributed by atoms with van der Waals surface area (Å²) in [6, 6.07) is 4.05. The highest BCUT2D eigenvalue weighted by molar-refractivity contribution is 9.10. The van der Waals surface area contributed by atoms with Gasteiger partial charge in [0.2, 0.25) is 0 Å². The molecule has 0 saturated carbocycles. The van der Waals surface area contributed by atoms with Crippen molar-refractivity contribution in [2.75, 3.05) is 49.5 Å². The van der Waals surface area contributed by atoms with E-state index in [1.54, 1.807) is 6.07 Å². The van der Waals surface area contributed by atoms with E-state index >= 15 is 0 Å². The first-order chi connectivity index (χ1) is 20.5. The molecule has 2 aliphatic heterocycles. The van der Waals surface area contributed by atoms with Crippen LogP contribution in [0.4, 0.5) is 24.1 Å². The maximum atomic E-state index is 13.6. The summed E-state index contributed by atoms with van der Waals surface area (Å²) in [4.78, 5) is 44.3. The van der Waals surface area contributed by atoms with Gasteiger partial charge in [-0.25, -0.2) is 15.0 Å². The van der Waals surface area contributed by atoms with Crippen LogP contribution in [0, 0.1) is 0 Å². The number of nitrogens with one attached hydrogen (secondary N) is 1. The average molecular weight is 683 g/mol. The highest BCUT2D eigenvalue weighted by atomic mass is 79.9. The number of thiazole rings is 1. The SMILES string of the molecule is C[C@@H]1CCCN1Cc1sc(NC(=O)c2cnc(N3CCN(CCC(=O)O)CC3)cn2)nc1-c1cc(Br)cc(C(F)(F)F)c1. The van der Waals surface area contributed by atoms with E-state index in [1.165, 1.54) is 23.7 Å². The Morgan fingerprint density at radius 1 is 1.12 bits per heavy atom. The molecular weight excluding hydrogens is 651 g/mol. The van der Waals surface area contributed by atoms with Gasteiger partial charge in [-0.1, -0.05) is 27.3 Å². The van der Waals surface area contributed by atoms with Crippen LogP contribution >= 0.6 is 27.3 Å². The minimum absolute atomic E-state index is 0.0807. The van der Waals surface area contributed by atoms with Crippen molar-refractivity contribution in [3.8, 4) is 11.3 Å². The van der Waals surface area contributed by atoms with E-state index in [-0.39, 0.29) is 21.7 Å². The molecule has 1 aromatic carbocycles. The number of aliphatic carboxylic acids is 1. The third kappa shape index (κ3) is 7.88. The van der Waals surface area contributed by atoms with Crippen molar-refractivity contribution in [1.29, 1.82) is 0 Å². The number of rotatable bonds is 9. The molecule has 4 heterocycles. The van der Waals surface area contributed by atoms with Gasteiger partial charge in [-0.05, 0) is 44.5 Å². The fourth-order valence-electron chi connectivity index (χ4n) is 5.26. The first-order valence-electron chi connectivity index (χ1n) is 13.9. The number of carbonyl (C=O) groups is 2. The van der Waals surface area contributed by atoms with E-state index in [2.05, 4.69) is 52.9 Å². The lowest BCUT2D eigenvalue weighted by Crippen LogP contribution is -2.47. The van der Waals surface area contributed by atoms with Crippen molar-refractivity contribution in [2.45, 2.75) is 44.9 Å². The number of carbonyl (C=O) groups excluding carboxylic acids is 1. The van der Waals surface area contributed by atoms with E-state index in [0.29, 0.717) is 62.4 Å². The van der Waals surface area contributed by atoms with Crippen molar-refractivity contribution in [3.05, 3.63) is 51.2 Å². The summed E-state index contributed by atoms with van der Waals surface area (Å²) in [6.07, 6.45) is 0.571. The van der Waals surface area contributed by atoms with Gasteiger partial charge in [0.1, 0.15) is 11.5 Å². The molecule has 1 amide bonds. The molecule has 2 fully saturated rings. The molecule has 0 spiro atoms. The van der Waals surface area contributed by atoms with Gasteiger partial charge >= 0.3 is 12.1 Å². The molecule has 230 valence electrons. The summed E-state index contributed by atoms with van der Waals surface area (Å²) in [5.41, 5.74) is 0.00717. The minimum Gasteiger partial charge on any atom is -0.481 e. The molecule has 0 unspecified atom stereocenters. The van der Waals surface area contributed by atoms with E-state index in [1.807, 2.05) is 4.90 Å². The number of anilines is 2. The van der Waals surface area contributed by atoms with E-state index < -0.39 is 23.6 Å². The van der Waals surface area contributed by atoms with Crippen LogP contribution in [0.3, 0.4) is 0 Å². The molecule has 0 radical (unpaired) electrons. The lowest BCUT2D eigenvalue weighted by molar-refractivity contribution is -0.138. The van der Waals surface area contributed by atoms with Gasteiger partial charge < -0.3 is 10.0 Å².